The highest BCUT2D eigenvalue weighted by Crippen LogP contribution is 2.13. The van der Waals surface area contributed by atoms with Gasteiger partial charge in [-0.05, 0) is 31.7 Å². The van der Waals surface area contributed by atoms with Crippen molar-refractivity contribution in [2.24, 2.45) is 17.4 Å². The lowest BCUT2D eigenvalue weighted by molar-refractivity contribution is -0.146. The topological polar surface area (TPSA) is 133 Å². The summed E-state index contributed by atoms with van der Waals surface area (Å²) in [6.07, 6.45) is 7.74. The standard InChI is InChI=1S/C14H30N2O2.CH4O3S/c1-3-5-8-12(4-2)11-18-14(17)13(16)9-6-7-10-15;1-5(2,3)4/h12-13H,3-11,15-16H2,1-2H3;1H3,(H,2,3,4)/t12?,13-;/m0./s1. The van der Waals surface area contributed by atoms with Crippen molar-refractivity contribution in [3.8, 4) is 0 Å². The van der Waals surface area contributed by atoms with Crippen LogP contribution in [0.1, 0.15) is 58.8 Å². The lowest BCUT2D eigenvalue weighted by Crippen LogP contribution is -2.33. The van der Waals surface area contributed by atoms with Gasteiger partial charge >= 0.3 is 5.97 Å². The smallest absolute Gasteiger partial charge is 0.322 e. The number of hydrogen-bond acceptors (Lipinski definition) is 6. The molecule has 0 heterocycles. The van der Waals surface area contributed by atoms with Gasteiger partial charge in [0.2, 0.25) is 0 Å². The van der Waals surface area contributed by atoms with Crippen LogP contribution in [0, 0.1) is 5.92 Å². The van der Waals surface area contributed by atoms with Gasteiger partial charge in [-0.1, -0.05) is 39.5 Å². The van der Waals surface area contributed by atoms with E-state index in [2.05, 4.69) is 13.8 Å². The third-order valence-electron chi connectivity index (χ3n) is 3.28. The molecule has 0 spiro atoms. The number of rotatable bonds is 11. The summed E-state index contributed by atoms with van der Waals surface area (Å²) in [7, 11) is -3.67. The van der Waals surface area contributed by atoms with Gasteiger partial charge in [0.1, 0.15) is 6.04 Å². The number of nitrogens with two attached hydrogens (primary N) is 2. The molecule has 0 aliphatic heterocycles. The third-order valence-corrected chi connectivity index (χ3v) is 3.28. The molecular weight excluding hydrogens is 320 g/mol. The minimum atomic E-state index is -3.67. The first-order valence-electron chi connectivity index (χ1n) is 8.20. The zero-order valence-corrected chi connectivity index (χ0v) is 15.5. The molecule has 0 bridgehead atoms. The predicted molar refractivity (Wildman–Crippen MR) is 92.6 cm³/mol. The summed E-state index contributed by atoms with van der Waals surface area (Å²) >= 11 is 0. The van der Waals surface area contributed by atoms with Gasteiger partial charge in [0, 0.05) is 0 Å². The lowest BCUT2D eigenvalue weighted by atomic mass is 10.0. The Hall–Kier alpha value is -0.700. The van der Waals surface area contributed by atoms with Crippen molar-refractivity contribution in [3.05, 3.63) is 0 Å². The predicted octanol–water partition coefficient (Wildman–Crippen LogP) is 1.71. The fourth-order valence-electron chi connectivity index (χ4n) is 1.83. The number of carbonyl (C=O) groups excluding carboxylic acids is 1. The molecule has 23 heavy (non-hydrogen) atoms. The fourth-order valence-corrected chi connectivity index (χ4v) is 1.83. The van der Waals surface area contributed by atoms with Crippen LogP contribution in [0.3, 0.4) is 0 Å². The Kier molecular flexibility index (Phi) is 15.9. The highest BCUT2D eigenvalue weighted by molar-refractivity contribution is 7.85. The number of ether oxygens (including phenoxy) is 1. The van der Waals surface area contributed by atoms with Crippen LogP contribution in [0.2, 0.25) is 0 Å². The van der Waals surface area contributed by atoms with Crippen LogP contribution in [0.25, 0.3) is 0 Å². The van der Waals surface area contributed by atoms with Crippen LogP contribution < -0.4 is 11.5 Å². The number of esters is 1. The maximum Gasteiger partial charge on any atom is 0.322 e. The van der Waals surface area contributed by atoms with Crippen molar-refractivity contribution in [1.82, 2.24) is 0 Å². The second-order valence-corrected chi connectivity index (χ2v) is 7.14. The highest BCUT2D eigenvalue weighted by Gasteiger charge is 2.16. The van der Waals surface area contributed by atoms with Crippen molar-refractivity contribution in [2.45, 2.75) is 64.8 Å². The molecule has 0 aromatic rings. The summed E-state index contributed by atoms with van der Waals surface area (Å²) in [6.45, 7) is 5.47. The molecule has 0 radical (unpaired) electrons. The first kappa shape index (κ1) is 24.6. The molecule has 5 N–H and O–H groups in total. The molecule has 0 rings (SSSR count). The summed E-state index contributed by atoms with van der Waals surface area (Å²) < 4.78 is 31.2. The van der Waals surface area contributed by atoms with E-state index < -0.39 is 16.2 Å². The quantitative estimate of drug-likeness (QED) is 0.292. The van der Waals surface area contributed by atoms with Gasteiger partial charge in [0.25, 0.3) is 10.1 Å². The first-order valence-corrected chi connectivity index (χ1v) is 10.0. The van der Waals surface area contributed by atoms with E-state index in [1.54, 1.807) is 0 Å². The largest absolute Gasteiger partial charge is 0.464 e. The van der Waals surface area contributed by atoms with Crippen molar-refractivity contribution in [2.75, 3.05) is 19.4 Å². The van der Waals surface area contributed by atoms with E-state index in [1.807, 2.05) is 0 Å². The van der Waals surface area contributed by atoms with E-state index in [0.717, 1.165) is 25.7 Å². The van der Waals surface area contributed by atoms with E-state index in [0.29, 0.717) is 31.7 Å². The summed E-state index contributed by atoms with van der Waals surface area (Å²) in [5.74, 6) is 0.215. The molecule has 0 saturated heterocycles. The molecule has 0 aromatic heterocycles. The second kappa shape index (κ2) is 14.9. The molecule has 7 nitrogen and oxygen atoms in total. The summed E-state index contributed by atoms with van der Waals surface area (Å²) in [6, 6.07) is -0.486. The van der Waals surface area contributed by atoms with Crippen LogP contribution in [0.15, 0.2) is 0 Å². The fraction of sp³-hybridized carbons (Fsp3) is 0.933. The van der Waals surface area contributed by atoms with Gasteiger partial charge < -0.3 is 16.2 Å². The maximum atomic E-state index is 11.7. The molecule has 0 aromatic carbocycles. The average molecular weight is 355 g/mol. The van der Waals surface area contributed by atoms with Crippen LogP contribution in [0.4, 0.5) is 0 Å². The Morgan fingerprint density at radius 2 is 1.74 bits per heavy atom. The molecule has 0 saturated carbocycles. The Bertz CT molecular complexity index is 379. The summed E-state index contributed by atoms with van der Waals surface area (Å²) in [4.78, 5) is 11.7. The molecule has 0 aliphatic rings. The van der Waals surface area contributed by atoms with E-state index in [1.165, 1.54) is 12.8 Å². The lowest BCUT2D eigenvalue weighted by Gasteiger charge is -2.16. The van der Waals surface area contributed by atoms with E-state index in [9.17, 15) is 13.2 Å². The van der Waals surface area contributed by atoms with Crippen LogP contribution >= 0.6 is 0 Å². The van der Waals surface area contributed by atoms with Crippen LogP contribution in [0.5, 0.6) is 0 Å². The molecule has 140 valence electrons. The van der Waals surface area contributed by atoms with Crippen molar-refractivity contribution >= 4 is 16.1 Å². The van der Waals surface area contributed by atoms with Crippen LogP contribution in [-0.2, 0) is 19.6 Å². The first-order chi connectivity index (χ1) is 10.7. The van der Waals surface area contributed by atoms with Gasteiger partial charge in [-0.15, -0.1) is 0 Å². The molecule has 1 unspecified atom stereocenters. The zero-order valence-electron chi connectivity index (χ0n) is 14.7. The van der Waals surface area contributed by atoms with Crippen LogP contribution in [-0.4, -0.2) is 44.4 Å². The van der Waals surface area contributed by atoms with Gasteiger partial charge in [0.05, 0.1) is 12.9 Å². The molecule has 0 aliphatic carbocycles. The number of unbranched alkanes of at least 4 members (excludes halogenated alkanes) is 2. The number of hydrogen-bond donors (Lipinski definition) is 3. The van der Waals surface area contributed by atoms with E-state index in [4.69, 9.17) is 20.8 Å². The van der Waals surface area contributed by atoms with Gasteiger partial charge in [-0.3, -0.25) is 9.35 Å². The second-order valence-electron chi connectivity index (χ2n) is 5.67. The monoisotopic (exact) mass is 354 g/mol. The zero-order chi connectivity index (χ0) is 18.3. The maximum absolute atomic E-state index is 11.7. The molecule has 8 heteroatoms. The number of carbonyl (C=O) groups is 1. The molecule has 0 fully saturated rings. The molecular formula is C15H34N2O5S. The van der Waals surface area contributed by atoms with Crippen molar-refractivity contribution in [1.29, 1.82) is 0 Å². The highest BCUT2D eigenvalue weighted by atomic mass is 32.2. The Morgan fingerprint density at radius 1 is 1.17 bits per heavy atom. The molecule has 2 atom stereocenters. The summed E-state index contributed by atoms with van der Waals surface area (Å²) in [5.41, 5.74) is 11.2. The normalized spacial score (nSPS) is 13.7. The minimum Gasteiger partial charge on any atom is -0.464 e. The average Bonchev–Trinajstić information content (AvgIpc) is 2.45. The summed E-state index contributed by atoms with van der Waals surface area (Å²) in [5, 5.41) is 0. The van der Waals surface area contributed by atoms with Gasteiger partial charge in [-0.25, -0.2) is 0 Å². The Labute approximate surface area is 140 Å². The van der Waals surface area contributed by atoms with E-state index >= 15 is 0 Å². The Morgan fingerprint density at radius 3 is 2.17 bits per heavy atom. The van der Waals surface area contributed by atoms with Crippen molar-refractivity contribution in [3.63, 3.8) is 0 Å². The van der Waals surface area contributed by atoms with Gasteiger partial charge in [-0.2, -0.15) is 8.42 Å². The Balaban J connectivity index is 0. The SMILES string of the molecule is CCCCC(CC)COC(=O)[C@@H](N)CCCCN.CS(=O)(=O)O. The minimum absolute atomic E-state index is 0.262. The van der Waals surface area contributed by atoms with Gasteiger partial charge in [0.15, 0.2) is 0 Å². The van der Waals surface area contributed by atoms with E-state index in [-0.39, 0.29) is 5.97 Å². The van der Waals surface area contributed by atoms with Crippen molar-refractivity contribution < 1.29 is 22.5 Å². The third kappa shape index (κ3) is 21.3. The molecule has 0 amide bonds.